The first kappa shape index (κ1) is 13.9. The van der Waals surface area contributed by atoms with E-state index in [1.165, 1.54) is 0 Å². The smallest absolute Gasteiger partial charge is 0.176 e. The van der Waals surface area contributed by atoms with Gasteiger partial charge in [0.1, 0.15) is 0 Å². The van der Waals surface area contributed by atoms with E-state index in [-0.39, 0.29) is 22.9 Å². The van der Waals surface area contributed by atoms with Crippen molar-refractivity contribution in [3.63, 3.8) is 0 Å². The van der Waals surface area contributed by atoms with Gasteiger partial charge in [0.25, 0.3) is 0 Å². The van der Waals surface area contributed by atoms with Crippen molar-refractivity contribution in [2.45, 2.75) is 24.7 Å². The predicted octanol–water partition coefficient (Wildman–Crippen LogP) is 2.56. The molecule has 0 aliphatic carbocycles. The monoisotopic (exact) mass is 330 g/mol. The zero-order valence-corrected chi connectivity index (χ0v) is 12.5. The molecule has 0 bridgehead atoms. The Bertz CT molecular complexity index is 475. The molecule has 98 valence electrons. The second-order valence-corrected chi connectivity index (χ2v) is 6.84. The highest BCUT2D eigenvalue weighted by Gasteiger charge is 2.30. The summed E-state index contributed by atoms with van der Waals surface area (Å²) >= 11 is 3.34. The number of carbonyl (C=O) groups is 1. The molecule has 0 N–H and O–H groups in total. The number of hydrogen-bond donors (Lipinski definition) is 0. The van der Waals surface area contributed by atoms with Crippen LogP contribution in [0.15, 0.2) is 28.7 Å². The Balaban J connectivity index is 2.04. The fourth-order valence-electron chi connectivity index (χ4n) is 2.06. The topological polar surface area (TPSA) is 43.4 Å². The summed E-state index contributed by atoms with van der Waals surface area (Å²) in [5, 5.41) is -0.0172. The first-order valence-corrected chi connectivity index (χ1v) is 8.03. The molecule has 0 amide bonds. The van der Waals surface area contributed by atoms with Crippen molar-refractivity contribution in [3.05, 3.63) is 34.3 Å². The van der Waals surface area contributed by atoms with Crippen molar-refractivity contribution in [2.75, 3.05) is 12.4 Å². The third kappa shape index (κ3) is 3.08. The molecule has 3 nitrogen and oxygen atoms in total. The normalized spacial score (nSPS) is 25.0. The molecule has 2 rings (SSSR count). The minimum absolute atomic E-state index is 0.0159. The fraction of sp³-hybridized carbons (Fsp3) is 0.462. The van der Waals surface area contributed by atoms with Gasteiger partial charge in [0, 0.05) is 27.4 Å². The Morgan fingerprint density at radius 2 is 2.22 bits per heavy atom. The molecule has 0 aromatic heterocycles. The van der Waals surface area contributed by atoms with E-state index in [0.717, 1.165) is 10.9 Å². The van der Waals surface area contributed by atoms with Crippen molar-refractivity contribution in [2.24, 2.45) is 0 Å². The maximum Gasteiger partial charge on any atom is 0.176 e. The van der Waals surface area contributed by atoms with Crippen LogP contribution in [0.4, 0.5) is 0 Å². The van der Waals surface area contributed by atoms with Crippen molar-refractivity contribution < 1.29 is 13.7 Å². The summed E-state index contributed by atoms with van der Waals surface area (Å²) in [6.07, 6.45) is 0.759. The quantitative estimate of drug-likeness (QED) is 0.797. The van der Waals surface area contributed by atoms with Crippen molar-refractivity contribution in [3.8, 4) is 0 Å². The third-order valence-corrected chi connectivity index (χ3v) is 5.62. The third-order valence-electron chi connectivity index (χ3n) is 3.09. The van der Waals surface area contributed by atoms with Crippen LogP contribution in [0.1, 0.15) is 23.7 Å². The van der Waals surface area contributed by atoms with Gasteiger partial charge >= 0.3 is 0 Å². The number of Topliss-reactive ketones (excluding diaryl/α,β-unsaturated/α-hetero) is 1. The Morgan fingerprint density at radius 3 is 2.83 bits per heavy atom. The summed E-state index contributed by atoms with van der Waals surface area (Å²) in [5.41, 5.74) is 0.595. The highest BCUT2D eigenvalue weighted by molar-refractivity contribution is 9.10. The fourth-order valence-corrected chi connectivity index (χ4v) is 4.06. The lowest BCUT2D eigenvalue weighted by Gasteiger charge is -2.13. The number of carbonyl (C=O) groups excluding carboxylic acids is 1. The van der Waals surface area contributed by atoms with E-state index in [9.17, 15) is 9.00 Å². The first-order valence-electron chi connectivity index (χ1n) is 5.86. The molecular weight excluding hydrogens is 316 g/mol. The lowest BCUT2D eigenvalue weighted by Crippen LogP contribution is -2.27. The molecule has 5 heteroatoms. The van der Waals surface area contributed by atoms with Crippen LogP contribution in [0.5, 0.6) is 0 Å². The predicted molar refractivity (Wildman–Crippen MR) is 75.3 cm³/mol. The highest BCUT2D eigenvalue weighted by Crippen LogP contribution is 2.21. The molecular formula is C13H15BrO3S. The number of ketones is 1. The minimum atomic E-state index is -1.16. The standard InChI is InChI=1S/C13H15BrO3S/c1-9-13(6-7-17-9)18(16)8-12(15)10-4-2-3-5-11(10)14/h2-5,9,13H,6-8H2,1H3. The largest absolute Gasteiger partial charge is 0.377 e. The van der Waals surface area contributed by atoms with E-state index in [2.05, 4.69) is 15.9 Å². The lowest BCUT2D eigenvalue weighted by atomic mass is 10.1. The van der Waals surface area contributed by atoms with Gasteiger partial charge in [0.2, 0.25) is 0 Å². The van der Waals surface area contributed by atoms with Crippen molar-refractivity contribution in [1.29, 1.82) is 0 Å². The molecule has 18 heavy (non-hydrogen) atoms. The van der Waals surface area contributed by atoms with Gasteiger partial charge in [-0.05, 0) is 19.4 Å². The molecule has 1 aliphatic rings. The Hall–Kier alpha value is -0.520. The summed E-state index contributed by atoms with van der Waals surface area (Å²) in [7, 11) is -1.16. The van der Waals surface area contributed by atoms with E-state index in [4.69, 9.17) is 4.74 Å². The van der Waals surface area contributed by atoms with Gasteiger partial charge in [-0.15, -0.1) is 0 Å². The summed E-state index contributed by atoms with van der Waals surface area (Å²) in [6, 6.07) is 7.22. The molecule has 3 atom stereocenters. The van der Waals surface area contributed by atoms with Gasteiger partial charge < -0.3 is 4.74 Å². The summed E-state index contributed by atoms with van der Waals surface area (Å²) in [4.78, 5) is 12.1. The van der Waals surface area contributed by atoms with Gasteiger partial charge in [-0.2, -0.15) is 0 Å². The van der Waals surface area contributed by atoms with E-state index in [0.29, 0.717) is 12.2 Å². The summed E-state index contributed by atoms with van der Waals surface area (Å²) in [5.74, 6) is -0.0130. The Kier molecular flexibility index (Phi) is 4.70. The minimum Gasteiger partial charge on any atom is -0.377 e. The van der Waals surface area contributed by atoms with Crippen molar-refractivity contribution in [1.82, 2.24) is 0 Å². The molecule has 1 aromatic carbocycles. The van der Waals surface area contributed by atoms with Crippen LogP contribution in [0.3, 0.4) is 0 Å². The lowest BCUT2D eigenvalue weighted by molar-refractivity contribution is 0.102. The van der Waals surface area contributed by atoms with Crippen LogP contribution in [0, 0.1) is 0 Å². The van der Waals surface area contributed by atoms with E-state index in [1.54, 1.807) is 6.07 Å². The molecule has 0 radical (unpaired) electrons. The van der Waals surface area contributed by atoms with Gasteiger partial charge in [-0.25, -0.2) is 0 Å². The second kappa shape index (κ2) is 6.08. The highest BCUT2D eigenvalue weighted by atomic mass is 79.9. The van der Waals surface area contributed by atoms with Crippen LogP contribution in [0.25, 0.3) is 0 Å². The van der Waals surface area contributed by atoms with Gasteiger partial charge in [0.05, 0.1) is 17.1 Å². The molecule has 1 heterocycles. The number of ether oxygens (including phenoxy) is 1. The maximum absolute atomic E-state index is 12.1. The van der Waals surface area contributed by atoms with Gasteiger partial charge in [-0.3, -0.25) is 9.00 Å². The van der Waals surface area contributed by atoms with E-state index in [1.807, 2.05) is 25.1 Å². The zero-order chi connectivity index (χ0) is 13.1. The van der Waals surface area contributed by atoms with Crippen LogP contribution in [-0.2, 0) is 15.5 Å². The van der Waals surface area contributed by atoms with E-state index < -0.39 is 10.8 Å². The number of benzene rings is 1. The Morgan fingerprint density at radius 1 is 1.50 bits per heavy atom. The molecule has 1 saturated heterocycles. The first-order chi connectivity index (χ1) is 8.59. The van der Waals surface area contributed by atoms with Crippen LogP contribution >= 0.6 is 15.9 Å². The van der Waals surface area contributed by atoms with Gasteiger partial charge in [-0.1, -0.05) is 34.1 Å². The van der Waals surface area contributed by atoms with Crippen LogP contribution < -0.4 is 0 Å². The van der Waals surface area contributed by atoms with Crippen LogP contribution in [0.2, 0.25) is 0 Å². The molecule has 3 unspecified atom stereocenters. The average molecular weight is 331 g/mol. The molecule has 1 aromatic rings. The summed E-state index contributed by atoms with van der Waals surface area (Å²) in [6.45, 7) is 2.55. The molecule has 1 aliphatic heterocycles. The van der Waals surface area contributed by atoms with Gasteiger partial charge in [0.15, 0.2) is 5.78 Å². The number of hydrogen-bond acceptors (Lipinski definition) is 3. The maximum atomic E-state index is 12.1. The van der Waals surface area contributed by atoms with Crippen LogP contribution in [-0.4, -0.2) is 33.7 Å². The zero-order valence-electron chi connectivity index (χ0n) is 10.1. The second-order valence-electron chi connectivity index (χ2n) is 4.33. The molecule has 1 fully saturated rings. The number of halogens is 1. The summed E-state index contributed by atoms with van der Waals surface area (Å²) < 4.78 is 18.3. The van der Waals surface area contributed by atoms with E-state index >= 15 is 0 Å². The average Bonchev–Trinajstić information content (AvgIpc) is 2.76. The Labute approximate surface area is 117 Å². The molecule has 0 spiro atoms. The van der Waals surface area contributed by atoms with Crippen molar-refractivity contribution >= 4 is 32.5 Å². The number of rotatable bonds is 4. The SMILES string of the molecule is CC1OCCC1S(=O)CC(=O)c1ccccc1Br. The molecule has 0 saturated carbocycles.